The Morgan fingerprint density at radius 1 is 1.03 bits per heavy atom. The number of carbonyl (C=O) groups is 3. The summed E-state index contributed by atoms with van der Waals surface area (Å²) in [5.74, 6) is -2.10. The maximum Gasteiger partial charge on any atom is 0.328 e. The molecule has 0 aliphatic heterocycles. The van der Waals surface area contributed by atoms with Crippen molar-refractivity contribution >= 4 is 28.6 Å². The van der Waals surface area contributed by atoms with E-state index in [2.05, 4.69) is 10.6 Å². The van der Waals surface area contributed by atoms with Crippen molar-refractivity contribution in [1.82, 2.24) is 10.6 Å². The molecule has 0 heterocycles. The van der Waals surface area contributed by atoms with Crippen molar-refractivity contribution in [2.24, 2.45) is 0 Å². The molecular formula is C22H25FN2O5S. The zero-order chi connectivity index (χ0) is 22.8. The fourth-order valence-corrected chi connectivity index (χ4v) is 4.08. The maximum absolute atomic E-state index is 13.5. The highest BCUT2D eigenvalue weighted by molar-refractivity contribution is 7.85. The van der Waals surface area contributed by atoms with Gasteiger partial charge in [-0.1, -0.05) is 30.3 Å². The Morgan fingerprint density at radius 3 is 2.35 bits per heavy atom. The second-order valence-corrected chi connectivity index (χ2v) is 8.39. The third-order valence-electron chi connectivity index (χ3n) is 4.42. The Hall–Kier alpha value is -3.07. The highest BCUT2D eigenvalue weighted by Crippen LogP contribution is 2.10. The number of hydrogen-bond donors (Lipinski definition) is 2. The summed E-state index contributed by atoms with van der Waals surface area (Å²) in [5.41, 5.74) is 0.508. The lowest BCUT2D eigenvalue weighted by molar-refractivity contribution is -0.145. The average molecular weight is 449 g/mol. The van der Waals surface area contributed by atoms with Crippen molar-refractivity contribution < 1.29 is 27.7 Å². The Kier molecular flexibility index (Phi) is 9.33. The first-order valence-electron chi connectivity index (χ1n) is 9.63. The zero-order valence-electron chi connectivity index (χ0n) is 17.3. The molecule has 2 N–H and O–H groups in total. The number of methoxy groups -OCH3 is 1. The summed E-state index contributed by atoms with van der Waals surface area (Å²) in [7, 11) is -0.174. The molecule has 0 unspecified atom stereocenters. The van der Waals surface area contributed by atoms with E-state index in [9.17, 15) is 23.0 Å². The molecule has 0 radical (unpaired) electrons. The Morgan fingerprint density at radius 2 is 1.74 bits per heavy atom. The largest absolute Gasteiger partial charge is 0.467 e. The van der Waals surface area contributed by atoms with E-state index in [4.69, 9.17) is 4.74 Å². The van der Waals surface area contributed by atoms with E-state index < -0.39 is 46.5 Å². The molecule has 0 bridgehead atoms. The van der Waals surface area contributed by atoms with Gasteiger partial charge in [0, 0.05) is 24.0 Å². The van der Waals surface area contributed by atoms with Crippen LogP contribution in [0.1, 0.15) is 18.9 Å². The highest BCUT2D eigenvalue weighted by Gasteiger charge is 2.27. The van der Waals surface area contributed by atoms with E-state index >= 15 is 0 Å². The lowest BCUT2D eigenvalue weighted by atomic mass is 10.0. The third kappa shape index (κ3) is 7.93. The molecule has 9 heteroatoms. The first kappa shape index (κ1) is 24.2. The lowest BCUT2D eigenvalue weighted by Crippen LogP contribution is -2.52. The van der Waals surface area contributed by atoms with E-state index in [0.29, 0.717) is 10.5 Å². The zero-order valence-corrected chi connectivity index (χ0v) is 18.1. The summed E-state index contributed by atoms with van der Waals surface area (Å²) in [5, 5.41) is 5.07. The van der Waals surface area contributed by atoms with Crippen LogP contribution in [-0.2, 0) is 36.3 Å². The summed E-state index contributed by atoms with van der Waals surface area (Å²) in [6.07, 6.45) is 0.111. The van der Waals surface area contributed by atoms with E-state index in [1.807, 2.05) is 0 Å². The number of benzene rings is 2. The predicted octanol–water partition coefficient (Wildman–Crippen LogP) is 1.73. The van der Waals surface area contributed by atoms with Crippen LogP contribution < -0.4 is 10.6 Å². The third-order valence-corrected chi connectivity index (χ3v) is 5.83. The minimum Gasteiger partial charge on any atom is -0.467 e. The maximum atomic E-state index is 13.5. The minimum absolute atomic E-state index is 0.0347. The van der Waals surface area contributed by atoms with E-state index in [1.165, 1.54) is 32.2 Å². The number of ether oxygens (including phenoxy) is 1. The fraction of sp³-hybridized carbons (Fsp3) is 0.318. The highest BCUT2D eigenvalue weighted by atomic mass is 32.2. The van der Waals surface area contributed by atoms with Crippen LogP contribution in [0.3, 0.4) is 0 Å². The number of rotatable bonds is 10. The van der Waals surface area contributed by atoms with Crippen LogP contribution in [0.25, 0.3) is 0 Å². The molecule has 0 saturated heterocycles. The summed E-state index contributed by atoms with van der Waals surface area (Å²) < 4.78 is 30.7. The van der Waals surface area contributed by atoms with Crippen LogP contribution in [0, 0.1) is 5.82 Å². The molecule has 2 amide bonds. The van der Waals surface area contributed by atoms with Crippen molar-refractivity contribution in [1.29, 1.82) is 0 Å². The molecular weight excluding hydrogens is 423 g/mol. The van der Waals surface area contributed by atoms with Crippen molar-refractivity contribution in [3.8, 4) is 0 Å². The SMILES string of the molecule is COC(=O)[C@@H](CC[S@@](=O)c1ccccc1)NC(=O)[C@@H](Cc1cccc(F)c1)NC(C)=O. The van der Waals surface area contributed by atoms with Gasteiger partial charge in [-0.2, -0.15) is 0 Å². The van der Waals surface area contributed by atoms with Gasteiger partial charge in [0.15, 0.2) is 0 Å². The molecule has 166 valence electrons. The molecule has 0 saturated carbocycles. The molecule has 2 aromatic rings. The summed E-state index contributed by atoms with van der Waals surface area (Å²) in [6.45, 7) is 1.26. The standard InChI is InChI=1S/C22H25FN2O5S/c1-15(26)24-20(14-16-7-6-8-17(23)13-16)21(27)25-19(22(28)30-2)11-12-31(29)18-9-4-3-5-10-18/h3-10,13,19-20H,11-12,14H2,1-2H3,(H,24,26)(H,25,27)/t19-,20-,31-/m1/s1. The van der Waals surface area contributed by atoms with Crippen LogP contribution in [-0.4, -0.2) is 46.9 Å². The second kappa shape index (κ2) is 11.9. The molecule has 0 spiro atoms. The van der Waals surface area contributed by atoms with Crippen molar-refractivity contribution in [2.45, 2.75) is 36.7 Å². The quantitative estimate of drug-likeness (QED) is 0.539. The normalized spacial score (nSPS) is 13.5. The molecule has 7 nitrogen and oxygen atoms in total. The Labute approximate surface area is 182 Å². The van der Waals surface area contributed by atoms with Crippen LogP contribution in [0.5, 0.6) is 0 Å². The van der Waals surface area contributed by atoms with Crippen LogP contribution >= 0.6 is 0 Å². The summed E-state index contributed by atoms with van der Waals surface area (Å²) >= 11 is 0. The molecule has 0 aliphatic rings. The van der Waals surface area contributed by atoms with Crippen molar-refractivity contribution in [3.05, 3.63) is 66.0 Å². The number of hydrogen-bond acceptors (Lipinski definition) is 5. The smallest absolute Gasteiger partial charge is 0.328 e. The van der Waals surface area contributed by atoms with Gasteiger partial charge in [0.25, 0.3) is 0 Å². The topological polar surface area (TPSA) is 102 Å². The summed E-state index contributed by atoms with van der Waals surface area (Å²) in [6, 6.07) is 12.4. The van der Waals surface area contributed by atoms with E-state index in [0.717, 1.165) is 0 Å². The van der Waals surface area contributed by atoms with E-state index in [-0.39, 0.29) is 18.6 Å². The number of nitrogens with one attached hydrogen (secondary N) is 2. The number of esters is 1. The van der Waals surface area contributed by atoms with Crippen LogP contribution in [0.4, 0.5) is 4.39 Å². The lowest BCUT2D eigenvalue weighted by Gasteiger charge is -2.22. The van der Waals surface area contributed by atoms with Gasteiger partial charge in [0.2, 0.25) is 11.8 Å². The van der Waals surface area contributed by atoms with Gasteiger partial charge in [0.05, 0.1) is 17.9 Å². The van der Waals surface area contributed by atoms with Gasteiger partial charge < -0.3 is 15.4 Å². The van der Waals surface area contributed by atoms with Gasteiger partial charge in [-0.3, -0.25) is 13.8 Å². The van der Waals surface area contributed by atoms with Gasteiger partial charge in [-0.05, 0) is 36.2 Å². The van der Waals surface area contributed by atoms with Gasteiger partial charge in [-0.25, -0.2) is 9.18 Å². The second-order valence-electron chi connectivity index (χ2n) is 6.82. The summed E-state index contributed by atoms with van der Waals surface area (Å²) in [4.78, 5) is 37.2. The number of carbonyl (C=O) groups excluding carboxylic acids is 3. The van der Waals surface area contributed by atoms with E-state index in [1.54, 1.807) is 36.4 Å². The first-order chi connectivity index (χ1) is 14.8. The number of amides is 2. The predicted molar refractivity (Wildman–Crippen MR) is 114 cm³/mol. The molecule has 2 aromatic carbocycles. The molecule has 2 rings (SSSR count). The van der Waals surface area contributed by atoms with Gasteiger partial charge >= 0.3 is 5.97 Å². The first-order valence-corrected chi connectivity index (χ1v) is 10.9. The average Bonchev–Trinajstić information content (AvgIpc) is 2.75. The van der Waals surface area contributed by atoms with Crippen LogP contribution in [0.15, 0.2) is 59.5 Å². The Bertz CT molecular complexity index is 939. The molecule has 0 fully saturated rings. The molecule has 0 aromatic heterocycles. The van der Waals surface area contributed by atoms with Crippen molar-refractivity contribution in [3.63, 3.8) is 0 Å². The van der Waals surface area contributed by atoms with Gasteiger partial charge in [0.1, 0.15) is 17.9 Å². The molecule has 0 aliphatic carbocycles. The number of halogens is 1. The van der Waals surface area contributed by atoms with Crippen LogP contribution in [0.2, 0.25) is 0 Å². The monoisotopic (exact) mass is 448 g/mol. The Balaban J connectivity index is 2.08. The van der Waals surface area contributed by atoms with Gasteiger partial charge in [-0.15, -0.1) is 0 Å². The molecule has 31 heavy (non-hydrogen) atoms. The van der Waals surface area contributed by atoms with Crippen molar-refractivity contribution in [2.75, 3.05) is 12.9 Å². The fourth-order valence-electron chi connectivity index (χ4n) is 2.93. The minimum atomic E-state index is -1.36. The molecule has 3 atom stereocenters.